The monoisotopic (exact) mass is 717 g/mol. The maximum absolute atomic E-state index is 14.4. The van der Waals surface area contributed by atoms with E-state index >= 15 is 0 Å². The molecule has 0 unspecified atom stereocenters. The van der Waals surface area contributed by atoms with Crippen molar-refractivity contribution in [1.29, 1.82) is 0 Å². The lowest BCUT2D eigenvalue weighted by atomic mass is 9.32. The molecule has 1 aromatic carbocycles. The van der Waals surface area contributed by atoms with Gasteiger partial charge in [0.05, 0.1) is 17.1 Å². The van der Waals surface area contributed by atoms with Crippen molar-refractivity contribution >= 4 is 17.8 Å². The van der Waals surface area contributed by atoms with Crippen molar-refractivity contribution in [3.63, 3.8) is 0 Å². The Morgan fingerprint density at radius 1 is 0.769 bits per heavy atom. The number of amides is 2. The maximum atomic E-state index is 14.4. The molecule has 52 heavy (non-hydrogen) atoms. The highest BCUT2D eigenvalue weighted by molar-refractivity contribution is 5.97. The van der Waals surface area contributed by atoms with Gasteiger partial charge < -0.3 is 20.8 Å². The number of hydrogen-bond donors (Lipinski definition) is 4. The number of rotatable bonds is 12. The molecule has 0 bridgehead atoms. The van der Waals surface area contributed by atoms with Gasteiger partial charge in [0.25, 0.3) is 5.91 Å². The van der Waals surface area contributed by atoms with Crippen molar-refractivity contribution in [3.8, 4) is 0 Å². The van der Waals surface area contributed by atoms with Gasteiger partial charge in [-0.1, -0.05) is 72.1 Å². The smallest absolute Gasteiger partial charge is 0.335 e. The topological polar surface area (TPSA) is 116 Å². The van der Waals surface area contributed by atoms with Gasteiger partial charge in [-0.25, -0.2) is 4.79 Å². The van der Waals surface area contributed by atoms with Crippen LogP contribution in [0.15, 0.2) is 36.4 Å². The Morgan fingerprint density at radius 2 is 1.44 bits per heavy atom. The summed E-state index contributed by atoms with van der Waals surface area (Å²) >= 11 is 0. The summed E-state index contributed by atoms with van der Waals surface area (Å²) in [5.41, 5.74) is 2.09. The molecule has 0 radical (unpaired) electrons. The normalized spacial score (nSPS) is 38.9. The number of fused-ring (bicyclic) bond motifs is 7. The first-order valence-electron chi connectivity index (χ1n) is 20.8. The second kappa shape index (κ2) is 14.5. The van der Waals surface area contributed by atoms with Gasteiger partial charge in [0.1, 0.15) is 0 Å². The van der Waals surface area contributed by atoms with E-state index in [0.29, 0.717) is 54.1 Å². The van der Waals surface area contributed by atoms with Crippen LogP contribution in [0.2, 0.25) is 0 Å². The van der Waals surface area contributed by atoms with Crippen LogP contribution in [-0.4, -0.2) is 47.2 Å². The van der Waals surface area contributed by atoms with Crippen molar-refractivity contribution in [1.82, 2.24) is 10.6 Å². The van der Waals surface area contributed by atoms with Crippen LogP contribution < -0.4 is 10.6 Å². The fourth-order valence-electron chi connectivity index (χ4n) is 13.8. The highest BCUT2D eigenvalue weighted by Gasteiger charge is 2.71. The Labute approximate surface area is 313 Å². The van der Waals surface area contributed by atoms with E-state index in [4.69, 9.17) is 0 Å². The number of carbonyl (C=O) groups is 3. The Hall–Kier alpha value is -2.67. The Kier molecular flexibility index (Phi) is 10.9. The molecular formula is C45H68N2O5. The van der Waals surface area contributed by atoms with Crippen LogP contribution in [0.5, 0.6) is 0 Å². The number of unbranched alkanes of at least 4 members (excludes halogenated alkanes) is 4. The minimum atomic E-state index is -1.04. The Balaban J connectivity index is 1.04. The second-order valence-electron chi connectivity index (χ2n) is 19.4. The predicted molar refractivity (Wildman–Crippen MR) is 207 cm³/mol. The average molecular weight is 717 g/mol. The Morgan fingerprint density at radius 3 is 2.13 bits per heavy atom. The fourth-order valence-corrected chi connectivity index (χ4v) is 13.8. The third-order valence-corrected chi connectivity index (χ3v) is 16.8. The minimum Gasteiger partial charge on any atom is -0.478 e. The van der Waals surface area contributed by atoms with Crippen molar-refractivity contribution in [2.45, 2.75) is 144 Å². The first-order chi connectivity index (χ1) is 24.5. The van der Waals surface area contributed by atoms with Gasteiger partial charge in [0.15, 0.2) is 0 Å². The summed E-state index contributed by atoms with van der Waals surface area (Å²) in [7, 11) is 0. The molecule has 0 saturated heterocycles. The molecule has 6 rings (SSSR count). The average Bonchev–Trinajstić information content (AvgIpc) is 3.51. The number of carbonyl (C=O) groups excluding carboxylic acids is 2. The van der Waals surface area contributed by atoms with Gasteiger partial charge in [0, 0.05) is 18.7 Å². The molecular weight excluding hydrogens is 649 g/mol. The van der Waals surface area contributed by atoms with Gasteiger partial charge in [-0.15, -0.1) is 0 Å². The molecule has 5 fully saturated rings. The molecule has 2 amide bonds. The van der Waals surface area contributed by atoms with E-state index in [0.717, 1.165) is 70.6 Å². The number of aromatic carboxylic acids is 1. The standard InChI is InChI=1S/C45H68N2O5/c1-29(2)32-18-23-45(40(52)47-27-12-10-8-9-11-26-46-38(49)30-14-13-15-31(28-30)39(50)51)25-24-43(6)33(37(32)45)16-17-35-42(5)21-20-36(48)41(3,4)34(42)19-22-44(35,43)7/h13-15,28,32-37,48H,1,8-12,16-27H2,2-7H3,(H,46,49)(H,47,52)(H,50,51)/t32-,33+,34-,35+,36-,37+,42-,43+,44+,45-/m0/s1. The third-order valence-electron chi connectivity index (χ3n) is 16.8. The van der Waals surface area contributed by atoms with Crippen LogP contribution in [0.25, 0.3) is 0 Å². The SMILES string of the molecule is C=C(C)[C@@H]1CC[C@]2(C(=O)NCCCCCCCNC(=O)c3cccc(C(=O)O)c3)CC[C@]3(C)[C@H](CC[C@@H]4[C@@]5(C)CC[C@H](O)C(C)(C)[C@@H]5CC[C@]43C)[C@@H]12. The van der Waals surface area contributed by atoms with Crippen LogP contribution in [0.1, 0.15) is 159 Å². The van der Waals surface area contributed by atoms with E-state index in [1.54, 1.807) is 12.1 Å². The summed E-state index contributed by atoms with van der Waals surface area (Å²) in [6.07, 6.45) is 15.8. The van der Waals surface area contributed by atoms with Crippen LogP contribution >= 0.6 is 0 Å². The van der Waals surface area contributed by atoms with Crippen LogP contribution in [-0.2, 0) is 4.79 Å². The molecule has 5 saturated carbocycles. The van der Waals surface area contributed by atoms with Gasteiger partial charge >= 0.3 is 5.97 Å². The molecule has 10 atom stereocenters. The van der Waals surface area contributed by atoms with E-state index in [2.05, 4.69) is 58.8 Å². The Bertz CT molecular complexity index is 1540. The third kappa shape index (κ3) is 6.37. The number of allylic oxidation sites excluding steroid dienone is 1. The van der Waals surface area contributed by atoms with Crippen LogP contribution in [0, 0.1) is 56.7 Å². The fraction of sp³-hybridized carbons (Fsp3) is 0.756. The molecule has 4 N–H and O–H groups in total. The number of carboxylic acids is 1. The quantitative estimate of drug-likeness (QED) is 0.127. The molecule has 0 heterocycles. The number of nitrogens with one attached hydrogen (secondary N) is 2. The van der Waals surface area contributed by atoms with Crippen molar-refractivity contribution in [2.24, 2.45) is 56.7 Å². The van der Waals surface area contributed by atoms with Crippen LogP contribution in [0.3, 0.4) is 0 Å². The zero-order valence-corrected chi connectivity index (χ0v) is 33.1. The molecule has 0 aliphatic heterocycles. The zero-order chi connectivity index (χ0) is 37.7. The lowest BCUT2D eigenvalue weighted by Crippen LogP contribution is -2.67. The number of aliphatic hydroxyl groups excluding tert-OH is 1. The maximum Gasteiger partial charge on any atom is 0.335 e. The number of carboxylic acid groups (broad SMARTS) is 1. The molecule has 7 nitrogen and oxygen atoms in total. The van der Waals surface area contributed by atoms with E-state index in [1.807, 2.05) is 0 Å². The van der Waals surface area contributed by atoms with E-state index in [-0.39, 0.29) is 44.6 Å². The summed E-state index contributed by atoms with van der Waals surface area (Å²) in [5.74, 6) is 1.52. The van der Waals surface area contributed by atoms with Gasteiger partial charge in [0.2, 0.25) is 5.91 Å². The number of hydrogen-bond acceptors (Lipinski definition) is 4. The summed E-state index contributed by atoms with van der Waals surface area (Å²) in [6, 6.07) is 6.12. The molecule has 5 aliphatic rings. The molecule has 0 aromatic heterocycles. The molecule has 0 spiro atoms. The predicted octanol–water partition coefficient (Wildman–Crippen LogP) is 9.20. The minimum absolute atomic E-state index is 0.0421. The highest BCUT2D eigenvalue weighted by Crippen LogP contribution is 2.77. The number of benzene rings is 1. The summed E-state index contributed by atoms with van der Waals surface area (Å²) in [5, 5.41) is 26.6. The van der Waals surface area contributed by atoms with E-state index in [9.17, 15) is 24.6 Å². The van der Waals surface area contributed by atoms with Crippen molar-refractivity contribution < 1.29 is 24.6 Å². The highest BCUT2D eigenvalue weighted by atomic mass is 16.4. The lowest BCUT2D eigenvalue weighted by molar-refractivity contribution is -0.246. The number of aliphatic hydroxyl groups is 1. The second-order valence-corrected chi connectivity index (χ2v) is 19.4. The van der Waals surface area contributed by atoms with Crippen molar-refractivity contribution in [3.05, 3.63) is 47.5 Å². The van der Waals surface area contributed by atoms with Gasteiger partial charge in [-0.3, -0.25) is 9.59 Å². The van der Waals surface area contributed by atoms with Crippen LogP contribution in [0.4, 0.5) is 0 Å². The summed E-state index contributed by atoms with van der Waals surface area (Å²) in [4.78, 5) is 38.1. The summed E-state index contributed by atoms with van der Waals surface area (Å²) in [6.45, 7) is 20.5. The van der Waals surface area contributed by atoms with E-state index < -0.39 is 5.97 Å². The van der Waals surface area contributed by atoms with Gasteiger partial charge in [-0.05, 0) is 153 Å². The first-order valence-corrected chi connectivity index (χ1v) is 20.8. The van der Waals surface area contributed by atoms with Gasteiger partial charge in [-0.2, -0.15) is 0 Å². The largest absolute Gasteiger partial charge is 0.478 e. The zero-order valence-electron chi connectivity index (χ0n) is 33.1. The molecule has 1 aromatic rings. The van der Waals surface area contributed by atoms with Crippen molar-refractivity contribution in [2.75, 3.05) is 13.1 Å². The van der Waals surface area contributed by atoms with E-state index in [1.165, 1.54) is 43.4 Å². The lowest BCUT2D eigenvalue weighted by Gasteiger charge is -2.72. The molecule has 5 aliphatic carbocycles. The summed E-state index contributed by atoms with van der Waals surface area (Å²) < 4.78 is 0. The molecule has 7 heteroatoms. The molecule has 288 valence electrons. The first kappa shape index (κ1) is 39.0.